The number of carbonyl (C=O) groups is 1. The summed E-state index contributed by atoms with van der Waals surface area (Å²) in [4.78, 5) is 15.0. The van der Waals surface area contributed by atoms with Gasteiger partial charge < -0.3 is 9.14 Å². The first-order valence-corrected chi connectivity index (χ1v) is 4.39. The number of methoxy groups -OCH3 is 1. The van der Waals surface area contributed by atoms with Crippen LogP contribution in [0.2, 0.25) is 0 Å². The van der Waals surface area contributed by atoms with E-state index in [4.69, 9.17) is 0 Å². The van der Waals surface area contributed by atoms with Crippen LogP contribution in [0.1, 0.15) is 5.69 Å². The van der Waals surface area contributed by atoms with Crippen molar-refractivity contribution in [3.05, 3.63) is 36.0 Å². The molecule has 15 heavy (non-hydrogen) atoms. The van der Waals surface area contributed by atoms with Gasteiger partial charge in [0.05, 0.1) is 19.2 Å². The van der Waals surface area contributed by atoms with Crippen molar-refractivity contribution in [1.82, 2.24) is 9.38 Å². The summed E-state index contributed by atoms with van der Waals surface area (Å²) in [7, 11) is 1.30. The lowest BCUT2D eigenvalue weighted by Crippen LogP contribution is -2.04. The smallest absolute Gasteiger partial charge is 0.311 e. The van der Waals surface area contributed by atoms with Gasteiger partial charge in [-0.3, -0.25) is 4.79 Å². The van der Waals surface area contributed by atoms with Gasteiger partial charge >= 0.3 is 5.97 Å². The highest BCUT2D eigenvalue weighted by Crippen LogP contribution is 2.09. The van der Waals surface area contributed by atoms with Crippen LogP contribution in [0.25, 0.3) is 5.65 Å². The molecule has 2 rings (SSSR count). The molecule has 0 bridgehead atoms. The lowest BCUT2D eigenvalue weighted by atomic mass is 10.3. The van der Waals surface area contributed by atoms with Crippen LogP contribution in [0.3, 0.4) is 0 Å². The van der Waals surface area contributed by atoms with E-state index in [9.17, 15) is 9.18 Å². The van der Waals surface area contributed by atoms with E-state index < -0.39 is 5.82 Å². The zero-order valence-corrected chi connectivity index (χ0v) is 8.11. The fourth-order valence-corrected chi connectivity index (χ4v) is 1.33. The third kappa shape index (κ3) is 1.81. The summed E-state index contributed by atoms with van der Waals surface area (Å²) < 4.78 is 19.3. The van der Waals surface area contributed by atoms with Crippen molar-refractivity contribution < 1.29 is 13.9 Å². The Hall–Kier alpha value is -1.91. The molecule has 0 N–H and O–H groups in total. The standard InChI is InChI=1S/C10H9FN2O2/c1-15-9(14)5-7-6-13-4-2-3-8(11)10(13)12-7/h2-4,6H,5H2,1H3. The first-order valence-electron chi connectivity index (χ1n) is 4.39. The summed E-state index contributed by atoms with van der Waals surface area (Å²) in [5.74, 6) is -0.799. The molecule has 0 aliphatic heterocycles. The molecule has 0 atom stereocenters. The van der Waals surface area contributed by atoms with Gasteiger partial charge in [0.15, 0.2) is 11.5 Å². The molecule has 2 heterocycles. The fourth-order valence-electron chi connectivity index (χ4n) is 1.33. The van der Waals surface area contributed by atoms with Gasteiger partial charge in [-0.25, -0.2) is 9.37 Å². The number of hydrogen-bond acceptors (Lipinski definition) is 3. The largest absolute Gasteiger partial charge is 0.469 e. The highest BCUT2D eigenvalue weighted by Gasteiger charge is 2.09. The number of fused-ring (bicyclic) bond motifs is 1. The summed E-state index contributed by atoms with van der Waals surface area (Å²) in [5.41, 5.74) is 0.711. The van der Waals surface area contributed by atoms with E-state index in [0.717, 1.165) is 0 Å². The lowest BCUT2D eigenvalue weighted by molar-refractivity contribution is -0.139. The minimum absolute atomic E-state index is 0.0532. The molecule has 0 unspecified atom stereocenters. The highest BCUT2D eigenvalue weighted by molar-refractivity contribution is 5.72. The predicted molar refractivity (Wildman–Crippen MR) is 50.9 cm³/mol. The Kier molecular flexibility index (Phi) is 2.37. The molecule has 5 heteroatoms. The van der Waals surface area contributed by atoms with Crippen molar-refractivity contribution in [2.45, 2.75) is 6.42 Å². The minimum Gasteiger partial charge on any atom is -0.469 e. The van der Waals surface area contributed by atoms with Crippen LogP contribution in [-0.4, -0.2) is 22.5 Å². The molecule has 0 saturated heterocycles. The molecule has 78 valence electrons. The molecule has 0 fully saturated rings. The quantitative estimate of drug-likeness (QED) is 0.696. The Morgan fingerprint density at radius 2 is 2.47 bits per heavy atom. The molecule has 4 nitrogen and oxygen atoms in total. The third-order valence-corrected chi connectivity index (χ3v) is 2.04. The SMILES string of the molecule is COC(=O)Cc1cn2cccc(F)c2n1. The van der Waals surface area contributed by atoms with Gasteiger partial charge in [-0.05, 0) is 12.1 Å². The predicted octanol–water partition coefficient (Wildman–Crippen LogP) is 1.19. The van der Waals surface area contributed by atoms with E-state index >= 15 is 0 Å². The average molecular weight is 208 g/mol. The zero-order chi connectivity index (χ0) is 10.8. The third-order valence-electron chi connectivity index (χ3n) is 2.04. The van der Waals surface area contributed by atoms with Crippen molar-refractivity contribution in [3.63, 3.8) is 0 Å². The summed E-state index contributed by atoms with van der Waals surface area (Å²) >= 11 is 0. The number of imidazole rings is 1. The van der Waals surface area contributed by atoms with Crippen molar-refractivity contribution in [2.75, 3.05) is 7.11 Å². The van der Waals surface area contributed by atoms with Crippen molar-refractivity contribution in [3.8, 4) is 0 Å². The number of esters is 1. The van der Waals surface area contributed by atoms with Crippen LogP contribution in [-0.2, 0) is 16.0 Å². The number of carbonyl (C=O) groups excluding carboxylic acids is 1. The molecular weight excluding hydrogens is 199 g/mol. The monoisotopic (exact) mass is 208 g/mol. The van der Waals surface area contributed by atoms with Gasteiger partial charge in [0.25, 0.3) is 0 Å². The number of rotatable bonds is 2. The Morgan fingerprint density at radius 1 is 1.67 bits per heavy atom. The molecule has 2 aromatic rings. The van der Waals surface area contributed by atoms with Crippen LogP contribution in [0.5, 0.6) is 0 Å². The second-order valence-electron chi connectivity index (χ2n) is 3.07. The first kappa shape index (κ1) is 9.64. The van der Waals surface area contributed by atoms with Crippen molar-refractivity contribution in [2.24, 2.45) is 0 Å². The van der Waals surface area contributed by atoms with E-state index in [-0.39, 0.29) is 18.0 Å². The van der Waals surface area contributed by atoms with Crippen molar-refractivity contribution >= 4 is 11.6 Å². The van der Waals surface area contributed by atoms with Gasteiger partial charge in [0.2, 0.25) is 0 Å². The molecule has 0 aliphatic rings. The number of ether oxygens (including phenoxy) is 1. The average Bonchev–Trinajstić information content (AvgIpc) is 2.62. The van der Waals surface area contributed by atoms with Gasteiger partial charge in [-0.2, -0.15) is 0 Å². The maximum absolute atomic E-state index is 13.2. The van der Waals surface area contributed by atoms with Crippen LogP contribution >= 0.6 is 0 Å². The molecule has 0 aliphatic carbocycles. The van der Waals surface area contributed by atoms with Gasteiger partial charge in [0, 0.05) is 12.4 Å². The number of halogens is 1. The number of nitrogens with zero attached hydrogens (tertiary/aromatic N) is 2. The van der Waals surface area contributed by atoms with Crippen LogP contribution < -0.4 is 0 Å². The van der Waals surface area contributed by atoms with E-state index in [1.165, 1.54) is 17.6 Å². The molecule has 0 radical (unpaired) electrons. The van der Waals surface area contributed by atoms with Crippen LogP contribution in [0.4, 0.5) is 4.39 Å². The van der Waals surface area contributed by atoms with E-state index in [1.807, 2.05) is 0 Å². The molecule has 0 amide bonds. The molecular formula is C10H9FN2O2. The Labute approximate surface area is 85.3 Å². The summed E-state index contributed by atoms with van der Waals surface area (Å²) in [6.45, 7) is 0. The van der Waals surface area contributed by atoms with E-state index in [2.05, 4.69) is 9.72 Å². The summed E-state index contributed by atoms with van der Waals surface area (Å²) in [6.07, 6.45) is 3.33. The second-order valence-corrected chi connectivity index (χ2v) is 3.07. The topological polar surface area (TPSA) is 43.6 Å². The Morgan fingerprint density at radius 3 is 3.13 bits per heavy atom. The Bertz CT molecular complexity index is 507. The molecule has 0 aromatic carbocycles. The lowest BCUT2D eigenvalue weighted by Gasteiger charge is -1.92. The Balaban J connectivity index is 2.39. The fraction of sp³-hybridized carbons (Fsp3) is 0.200. The number of aromatic nitrogens is 2. The second kappa shape index (κ2) is 3.68. The summed E-state index contributed by atoms with van der Waals surface area (Å²) in [6, 6.07) is 2.90. The number of pyridine rings is 1. The van der Waals surface area contributed by atoms with Gasteiger partial charge in [-0.15, -0.1) is 0 Å². The van der Waals surface area contributed by atoms with E-state index in [0.29, 0.717) is 5.69 Å². The highest BCUT2D eigenvalue weighted by atomic mass is 19.1. The minimum atomic E-state index is -0.409. The molecule has 0 saturated carbocycles. The normalized spacial score (nSPS) is 10.5. The van der Waals surface area contributed by atoms with Crippen LogP contribution in [0.15, 0.2) is 24.5 Å². The van der Waals surface area contributed by atoms with Gasteiger partial charge in [0.1, 0.15) is 0 Å². The number of hydrogen-bond donors (Lipinski definition) is 0. The van der Waals surface area contributed by atoms with E-state index in [1.54, 1.807) is 18.5 Å². The maximum atomic E-state index is 13.2. The van der Waals surface area contributed by atoms with Crippen molar-refractivity contribution in [1.29, 1.82) is 0 Å². The summed E-state index contributed by atoms with van der Waals surface area (Å²) in [5, 5.41) is 0. The molecule has 0 spiro atoms. The maximum Gasteiger partial charge on any atom is 0.311 e. The first-order chi connectivity index (χ1) is 7.20. The zero-order valence-electron chi connectivity index (χ0n) is 8.11. The van der Waals surface area contributed by atoms with Crippen LogP contribution in [0, 0.1) is 5.82 Å². The molecule has 2 aromatic heterocycles. The van der Waals surface area contributed by atoms with Gasteiger partial charge in [-0.1, -0.05) is 0 Å².